The highest BCUT2D eigenvalue weighted by Gasteiger charge is 2.36. The molecule has 2 unspecified atom stereocenters. The molecule has 3 amide bonds. The number of hydrogen-bond donors (Lipinski definition) is 2. The summed E-state index contributed by atoms with van der Waals surface area (Å²) in [4.78, 5) is 41.7. The van der Waals surface area contributed by atoms with Gasteiger partial charge in [0.1, 0.15) is 17.7 Å². The van der Waals surface area contributed by atoms with Crippen LogP contribution in [0, 0.1) is 18.3 Å². The standard InChI is InChI=1S/C29H45N3O4/c1-9-12-18-30-26(33)25(23-16-14-22(11-3)15-17-23)32(19-13-10-2)27(34)24(20-21(4)5)31-28(35)36-29(6,7)8/h3,14-17,21,24-25H,9-10,12-13,18-20H2,1-2,4-8H3,(H,30,33)(H,31,35). The zero-order valence-corrected chi connectivity index (χ0v) is 23.1. The second kappa shape index (κ2) is 15.2. The van der Waals surface area contributed by atoms with Crippen molar-refractivity contribution in [3.63, 3.8) is 0 Å². The van der Waals surface area contributed by atoms with Gasteiger partial charge in [-0.05, 0) is 63.6 Å². The minimum atomic E-state index is -0.845. The van der Waals surface area contributed by atoms with Gasteiger partial charge in [-0.2, -0.15) is 0 Å². The van der Waals surface area contributed by atoms with Crippen LogP contribution >= 0.6 is 0 Å². The van der Waals surface area contributed by atoms with Crippen LogP contribution < -0.4 is 10.6 Å². The molecular weight excluding hydrogens is 454 g/mol. The molecule has 0 fully saturated rings. The second-order valence-corrected chi connectivity index (χ2v) is 10.5. The van der Waals surface area contributed by atoms with Crippen molar-refractivity contribution in [1.82, 2.24) is 15.5 Å². The predicted octanol–water partition coefficient (Wildman–Crippen LogP) is 5.19. The van der Waals surface area contributed by atoms with E-state index in [9.17, 15) is 14.4 Å². The summed E-state index contributed by atoms with van der Waals surface area (Å²) in [6, 6.07) is 5.47. The number of terminal acetylenes is 1. The largest absolute Gasteiger partial charge is 0.444 e. The zero-order chi connectivity index (χ0) is 27.3. The predicted molar refractivity (Wildman–Crippen MR) is 144 cm³/mol. The summed E-state index contributed by atoms with van der Waals surface area (Å²) in [5.74, 6) is 2.17. The SMILES string of the molecule is C#Cc1ccc(C(C(=O)NCCCC)N(CCCC)C(=O)C(CC(C)C)NC(=O)OC(C)(C)C)cc1. The van der Waals surface area contributed by atoms with Crippen molar-refractivity contribution in [3.8, 4) is 12.3 Å². The molecule has 0 spiro atoms. The molecule has 200 valence electrons. The normalized spacial score (nSPS) is 12.9. The topological polar surface area (TPSA) is 87.7 Å². The molecule has 7 nitrogen and oxygen atoms in total. The molecule has 7 heteroatoms. The van der Waals surface area contributed by atoms with Crippen molar-refractivity contribution in [2.45, 2.75) is 98.3 Å². The number of hydrogen-bond acceptors (Lipinski definition) is 4. The van der Waals surface area contributed by atoms with E-state index in [1.165, 1.54) is 0 Å². The molecule has 2 atom stereocenters. The lowest BCUT2D eigenvalue weighted by atomic mass is 9.98. The molecule has 0 aliphatic carbocycles. The van der Waals surface area contributed by atoms with Gasteiger partial charge in [-0.15, -0.1) is 6.42 Å². The van der Waals surface area contributed by atoms with Crippen LogP contribution in [0.2, 0.25) is 0 Å². The van der Waals surface area contributed by atoms with Gasteiger partial charge in [0.05, 0.1) is 0 Å². The van der Waals surface area contributed by atoms with Crippen LogP contribution in [-0.2, 0) is 14.3 Å². The summed E-state index contributed by atoms with van der Waals surface area (Å²) < 4.78 is 5.43. The van der Waals surface area contributed by atoms with E-state index in [0.29, 0.717) is 37.1 Å². The minimum absolute atomic E-state index is 0.133. The van der Waals surface area contributed by atoms with Crippen molar-refractivity contribution < 1.29 is 19.1 Å². The first-order valence-corrected chi connectivity index (χ1v) is 13.1. The molecule has 0 aliphatic heterocycles. The smallest absolute Gasteiger partial charge is 0.408 e. The third-order valence-corrected chi connectivity index (χ3v) is 5.51. The first-order chi connectivity index (χ1) is 16.9. The number of carbonyl (C=O) groups excluding carboxylic acids is 3. The molecule has 36 heavy (non-hydrogen) atoms. The highest BCUT2D eigenvalue weighted by molar-refractivity contribution is 5.92. The highest BCUT2D eigenvalue weighted by Crippen LogP contribution is 2.25. The summed E-state index contributed by atoms with van der Waals surface area (Å²) in [5.41, 5.74) is 0.672. The Morgan fingerprint density at radius 2 is 1.67 bits per heavy atom. The van der Waals surface area contributed by atoms with E-state index in [1.807, 2.05) is 20.8 Å². The van der Waals surface area contributed by atoms with Crippen LogP contribution in [0.15, 0.2) is 24.3 Å². The molecule has 0 aliphatic rings. The van der Waals surface area contributed by atoms with E-state index in [1.54, 1.807) is 49.9 Å². The van der Waals surface area contributed by atoms with E-state index in [-0.39, 0.29) is 17.7 Å². The van der Waals surface area contributed by atoms with Gasteiger partial charge < -0.3 is 20.3 Å². The van der Waals surface area contributed by atoms with Crippen LogP contribution in [0.3, 0.4) is 0 Å². The molecule has 0 saturated carbocycles. The molecule has 1 aromatic carbocycles. The number of amides is 3. The first-order valence-electron chi connectivity index (χ1n) is 13.1. The van der Waals surface area contributed by atoms with Crippen LogP contribution in [0.5, 0.6) is 0 Å². The maximum atomic E-state index is 14.0. The summed E-state index contributed by atoms with van der Waals surface area (Å²) >= 11 is 0. The Hall–Kier alpha value is -3.01. The number of carbonyl (C=O) groups is 3. The van der Waals surface area contributed by atoms with Crippen LogP contribution in [-0.4, -0.2) is 47.5 Å². The second-order valence-electron chi connectivity index (χ2n) is 10.5. The Balaban J connectivity index is 3.43. The number of rotatable bonds is 13. The van der Waals surface area contributed by atoms with Gasteiger partial charge in [-0.3, -0.25) is 9.59 Å². The molecule has 0 radical (unpaired) electrons. The van der Waals surface area contributed by atoms with Gasteiger partial charge in [0.25, 0.3) is 0 Å². The summed E-state index contributed by atoms with van der Waals surface area (Å²) in [6.45, 7) is 14.3. The summed E-state index contributed by atoms with van der Waals surface area (Å²) in [6.07, 6.45) is 8.63. The average Bonchev–Trinajstić information content (AvgIpc) is 2.79. The third-order valence-electron chi connectivity index (χ3n) is 5.51. The van der Waals surface area contributed by atoms with Crippen LogP contribution in [0.4, 0.5) is 4.79 Å². The van der Waals surface area contributed by atoms with Crippen molar-refractivity contribution in [3.05, 3.63) is 35.4 Å². The number of ether oxygens (including phenoxy) is 1. The Bertz CT molecular complexity index is 881. The number of nitrogens with one attached hydrogen (secondary N) is 2. The lowest BCUT2D eigenvalue weighted by Crippen LogP contribution is -2.53. The number of alkyl carbamates (subject to hydrolysis) is 1. The first kappa shape index (κ1) is 31.0. The fourth-order valence-corrected chi connectivity index (χ4v) is 3.76. The highest BCUT2D eigenvalue weighted by atomic mass is 16.6. The number of benzene rings is 1. The Morgan fingerprint density at radius 1 is 1.06 bits per heavy atom. The van der Waals surface area contributed by atoms with Crippen LogP contribution in [0.1, 0.15) is 97.7 Å². The van der Waals surface area contributed by atoms with E-state index in [4.69, 9.17) is 11.2 Å². The van der Waals surface area contributed by atoms with Gasteiger partial charge in [-0.25, -0.2) is 4.79 Å². The minimum Gasteiger partial charge on any atom is -0.444 e. The van der Waals surface area contributed by atoms with Crippen molar-refractivity contribution >= 4 is 17.9 Å². The quantitative estimate of drug-likeness (QED) is 0.289. The lowest BCUT2D eigenvalue weighted by Gasteiger charge is -2.35. The van der Waals surface area contributed by atoms with Crippen molar-refractivity contribution in [1.29, 1.82) is 0 Å². The maximum absolute atomic E-state index is 14.0. The maximum Gasteiger partial charge on any atom is 0.408 e. The number of unbranched alkanes of at least 4 members (excludes halogenated alkanes) is 2. The molecule has 2 N–H and O–H groups in total. The summed E-state index contributed by atoms with van der Waals surface area (Å²) in [7, 11) is 0. The molecule has 0 aromatic heterocycles. The van der Waals surface area contributed by atoms with E-state index in [2.05, 4.69) is 23.5 Å². The summed E-state index contributed by atoms with van der Waals surface area (Å²) in [5, 5.41) is 5.76. The van der Waals surface area contributed by atoms with Gasteiger partial charge >= 0.3 is 6.09 Å². The van der Waals surface area contributed by atoms with Gasteiger partial charge in [0.2, 0.25) is 11.8 Å². The van der Waals surface area contributed by atoms with Crippen LogP contribution in [0.25, 0.3) is 0 Å². The number of nitrogens with zero attached hydrogens (tertiary/aromatic N) is 1. The molecule has 0 heterocycles. The van der Waals surface area contributed by atoms with Gasteiger partial charge in [0.15, 0.2) is 0 Å². The Morgan fingerprint density at radius 3 is 2.17 bits per heavy atom. The fourth-order valence-electron chi connectivity index (χ4n) is 3.76. The fraction of sp³-hybridized carbons (Fsp3) is 0.621. The van der Waals surface area contributed by atoms with E-state index >= 15 is 0 Å². The van der Waals surface area contributed by atoms with Crippen molar-refractivity contribution in [2.75, 3.05) is 13.1 Å². The third kappa shape index (κ3) is 10.7. The lowest BCUT2D eigenvalue weighted by molar-refractivity contribution is -0.142. The molecule has 1 aromatic rings. The van der Waals surface area contributed by atoms with E-state index in [0.717, 1.165) is 19.3 Å². The molecule has 0 saturated heterocycles. The monoisotopic (exact) mass is 499 g/mol. The van der Waals surface area contributed by atoms with Crippen molar-refractivity contribution in [2.24, 2.45) is 5.92 Å². The zero-order valence-electron chi connectivity index (χ0n) is 23.1. The average molecular weight is 500 g/mol. The molecule has 1 rings (SSSR count). The van der Waals surface area contributed by atoms with Gasteiger partial charge in [-0.1, -0.05) is 58.6 Å². The van der Waals surface area contributed by atoms with E-state index < -0.39 is 23.8 Å². The Kier molecular flexibility index (Phi) is 13.1. The Labute approximate surface area is 217 Å². The van der Waals surface area contributed by atoms with Gasteiger partial charge in [0, 0.05) is 18.7 Å². The molecular formula is C29H45N3O4. The molecule has 0 bridgehead atoms.